The van der Waals surface area contributed by atoms with Crippen LogP contribution in [0.5, 0.6) is 0 Å². The molecule has 1 aliphatic heterocycles. The van der Waals surface area contributed by atoms with Crippen molar-refractivity contribution in [2.45, 2.75) is 25.5 Å². The van der Waals surface area contributed by atoms with E-state index in [0.29, 0.717) is 5.56 Å². The number of aromatic nitrogens is 2. The number of ether oxygens (including phenoxy) is 1. The molecule has 84 valence electrons. The number of rotatable bonds is 1. The van der Waals surface area contributed by atoms with Gasteiger partial charge in [-0.1, -0.05) is 5.92 Å². The fourth-order valence-corrected chi connectivity index (χ4v) is 1.62. The van der Waals surface area contributed by atoms with Gasteiger partial charge in [-0.2, -0.15) is 5.10 Å². The van der Waals surface area contributed by atoms with Gasteiger partial charge in [-0.05, 0) is 19.3 Å². The Morgan fingerprint density at radius 1 is 1.62 bits per heavy atom. The van der Waals surface area contributed by atoms with Crippen LogP contribution in [-0.4, -0.2) is 27.5 Å². The molecule has 1 fully saturated rings. The molecule has 0 amide bonds. The van der Waals surface area contributed by atoms with Crippen molar-refractivity contribution < 1.29 is 14.6 Å². The van der Waals surface area contributed by atoms with Gasteiger partial charge >= 0.3 is 5.97 Å². The van der Waals surface area contributed by atoms with Crippen molar-refractivity contribution in [1.82, 2.24) is 9.78 Å². The van der Waals surface area contributed by atoms with Gasteiger partial charge in [0.05, 0.1) is 11.8 Å². The molecule has 1 aromatic rings. The molecule has 1 N–H and O–H groups in total. The highest BCUT2D eigenvalue weighted by Gasteiger charge is 2.15. The number of hydrogen-bond acceptors (Lipinski definition) is 3. The van der Waals surface area contributed by atoms with Crippen LogP contribution in [0.2, 0.25) is 0 Å². The first-order chi connectivity index (χ1) is 7.75. The lowest BCUT2D eigenvalue weighted by Gasteiger charge is -2.22. The van der Waals surface area contributed by atoms with Crippen molar-refractivity contribution in [3.8, 4) is 11.8 Å². The highest BCUT2D eigenvalue weighted by atomic mass is 16.5. The summed E-state index contributed by atoms with van der Waals surface area (Å²) in [5.74, 6) is 3.43. The molecule has 0 spiro atoms. The van der Waals surface area contributed by atoms with Gasteiger partial charge in [0.2, 0.25) is 0 Å². The molecule has 0 aliphatic carbocycles. The quantitative estimate of drug-likeness (QED) is 0.717. The van der Waals surface area contributed by atoms with E-state index in [9.17, 15) is 4.79 Å². The standard InChI is InChI=1S/C11H12N2O3/c14-11(15)5-4-9-7-12-13(8-9)10-3-1-2-6-16-10/h7-8,10H,1-3,6H2,(H,14,15). The molecule has 1 aliphatic rings. The van der Waals surface area contributed by atoms with Gasteiger partial charge < -0.3 is 9.84 Å². The molecular formula is C11H12N2O3. The number of aliphatic carboxylic acids is 1. The van der Waals surface area contributed by atoms with Crippen LogP contribution in [0.1, 0.15) is 31.1 Å². The van der Waals surface area contributed by atoms with Crippen LogP contribution in [0.25, 0.3) is 0 Å². The summed E-state index contributed by atoms with van der Waals surface area (Å²) in [7, 11) is 0. The van der Waals surface area contributed by atoms with E-state index in [1.165, 1.54) is 0 Å². The highest BCUT2D eigenvalue weighted by molar-refractivity contribution is 5.87. The third-order valence-corrected chi connectivity index (χ3v) is 2.37. The van der Waals surface area contributed by atoms with Crippen molar-refractivity contribution >= 4 is 5.97 Å². The maximum absolute atomic E-state index is 10.3. The molecule has 16 heavy (non-hydrogen) atoms. The van der Waals surface area contributed by atoms with Crippen molar-refractivity contribution in [2.24, 2.45) is 0 Å². The predicted octanol–water partition coefficient (Wildman–Crippen LogP) is 1.02. The SMILES string of the molecule is O=C(O)C#Cc1cnn(C2CCCCO2)c1. The Kier molecular flexibility index (Phi) is 3.22. The Labute approximate surface area is 93.0 Å². The van der Waals surface area contributed by atoms with E-state index in [4.69, 9.17) is 9.84 Å². The minimum atomic E-state index is -1.14. The maximum atomic E-state index is 10.3. The normalized spacial score (nSPS) is 19.9. The van der Waals surface area contributed by atoms with E-state index < -0.39 is 5.97 Å². The molecule has 0 bridgehead atoms. The maximum Gasteiger partial charge on any atom is 0.382 e. The average molecular weight is 220 g/mol. The van der Waals surface area contributed by atoms with Crippen LogP contribution >= 0.6 is 0 Å². The van der Waals surface area contributed by atoms with Crippen molar-refractivity contribution in [3.63, 3.8) is 0 Å². The van der Waals surface area contributed by atoms with E-state index in [2.05, 4.69) is 16.9 Å². The minimum absolute atomic E-state index is 0.0332. The molecule has 2 heterocycles. The lowest BCUT2D eigenvalue weighted by Crippen LogP contribution is -2.18. The van der Waals surface area contributed by atoms with Crippen LogP contribution in [0.15, 0.2) is 12.4 Å². The minimum Gasteiger partial charge on any atom is -0.472 e. The van der Waals surface area contributed by atoms with Crippen LogP contribution in [0.3, 0.4) is 0 Å². The molecule has 0 radical (unpaired) electrons. The average Bonchev–Trinajstić information content (AvgIpc) is 2.76. The Balaban J connectivity index is 2.07. The summed E-state index contributed by atoms with van der Waals surface area (Å²) in [5.41, 5.74) is 0.594. The Hall–Kier alpha value is -1.80. The van der Waals surface area contributed by atoms with Gasteiger partial charge in [0.15, 0.2) is 0 Å². The fraction of sp³-hybridized carbons (Fsp3) is 0.455. The predicted molar refractivity (Wildman–Crippen MR) is 55.6 cm³/mol. The largest absolute Gasteiger partial charge is 0.472 e. The smallest absolute Gasteiger partial charge is 0.382 e. The summed E-state index contributed by atoms with van der Waals surface area (Å²) in [4.78, 5) is 10.3. The van der Waals surface area contributed by atoms with Gasteiger partial charge in [-0.3, -0.25) is 0 Å². The van der Waals surface area contributed by atoms with E-state index in [1.807, 2.05) is 0 Å². The summed E-state index contributed by atoms with van der Waals surface area (Å²) in [6.45, 7) is 0.751. The molecule has 1 atom stereocenters. The van der Waals surface area contributed by atoms with Crippen LogP contribution in [-0.2, 0) is 9.53 Å². The Morgan fingerprint density at radius 2 is 2.50 bits per heavy atom. The van der Waals surface area contributed by atoms with E-state index >= 15 is 0 Å². The molecular weight excluding hydrogens is 208 g/mol. The molecule has 0 saturated carbocycles. The zero-order valence-electron chi connectivity index (χ0n) is 8.72. The zero-order valence-corrected chi connectivity index (χ0v) is 8.72. The molecule has 1 aromatic heterocycles. The number of hydrogen-bond donors (Lipinski definition) is 1. The third kappa shape index (κ3) is 2.61. The van der Waals surface area contributed by atoms with Gasteiger partial charge in [-0.15, -0.1) is 0 Å². The van der Waals surface area contributed by atoms with Gasteiger partial charge in [0, 0.05) is 18.7 Å². The summed E-state index contributed by atoms with van der Waals surface area (Å²) < 4.78 is 7.24. The number of carbonyl (C=O) groups is 1. The van der Waals surface area contributed by atoms with Gasteiger partial charge in [-0.25, -0.2) is 9.48 Å². The summed E-state index contributed by atoms with van der Waals surface area (Å²) in [6.07, 6.45) is 6.38. The van der Waals surface area contributed by atoms with Gasteiger partial charge in [0.25, 0.3) is 0 Å². The second kappa shape index (κ2) is 4.81. The van der Waals surface area contributed by atoms with Crippen molar-refractivity contribution in [1.29, 1.82) is 0 Å². The molecule has 2 rings (SSSR count). The first-order valence-electron chi connectivity index (χ1n) is 5.16. The van der Waals surface area contributed by atoms with Crippen LogP contribution in [0, 0.1) is 11.8 Å². The number of carboxylic acid groups (broad SMARTS) is 1. The second-order valence-corrected chi connectivity index (χ2v) is 3.59. The van der Waals surface area contributed by atoms with Crippen molar-refractivity contribution in [2.75, 3.05) is 6.61 Å². The Bertz CT molecular complexity index is 436. The van der Waals surface area contributed by atoms with Gasteiger partial charge in [0.1, 0.15) is 6.23 Å². The fourth-order valence-electron chi connectivity index (χ4n) is 1.62. The third-order valence-electron chi connectivity index (χ3n) is 2.37. The summed E-state index contributed by atoms with van der Waals surface area (Å²) in [5, 5.41) is 12.5. The lowest BCUT2D eigenvalue weighted by atomic mass is 10.2. The number of nitrogens with zero attached hydrogens (tertiary/aromatic N) is 2. The van der Waals surface area contributed by atoms with E-state index in [0.717, 1.165) is 25.9 Å². The summed E-state index contributed by atoms with van der Waals surface area (Å²) >= 11 is 0. The molecule has 1 saturated heterocycles. The lowest BCUT2D eigenvalue weighted by molar-refractivity contribution is -0.130. The highest BCUT2D eigenvalue weighted by Crippen LogP contribution is 2.21. The topological polar surface area (TPSA) is 64.3 Å². The van der Waals surface area contributed by atoms with Crippen LogP contribution in [0.4, 0.5) is 0 Å². The Morgan fingerprint density at radius 3 is 3.19 bits per heavy atom. The second-order valence-electron chi connectivity index (χ2n) is 3.59. The van der Waals surface area contributed by atoms with E-state index in [-0.39, 0.29) is 6.23 Å². The van der Waals surface area contributed by atoms with Crippen molar-refractivity contribution in [3.05, 3.63) is 18.0 Å². The molecule has 5 nitrogen and oxygen atoms in total. The molecule has 5 heteroatoms. The monoisotopic (exact) mass is 220 g/mol. The first kappa shape index (κ1) is 10.7. The number of carboxylic acids is 1. The van der Waals surface area contributed by atoms with E-state index in [1.54, 1.807) is 17.1 Å². The zero-order chi connectivity index (χ0) is 11.4. The first-order valence-corrected chi connectivity index (χ1v) is 5.16. The molecule has 1 unspecified atom stereocenters. The summed E-state index contributed by atoms with van der Waals surface area (Å²) in [6, 6.07) is 0. The molecule has 0 aromatic carbocycles. The van der Waals surface area contributed by atoms with Crippen LogP contribution < -0.4 is 0 Å².